The molecular formula is C22H27ClN6O2. The van der Waals surface area contributed by atoms with Gasteiger partial charge in [0.2, 0.25) is 0 Å². The number of halogens is 1. The molecule has 8 nitrogen and oxygen atoms in total. The van der Waals surface area contributed by atoms with Gasteiger partial charge in [0.05, 0.1) is 32.0 Å². The number of piperazine rings is 1. The van der Waals surface area contributed by atoms with Crippen LogP contribution in [0.15, 0.2) is 48.5 Å². The smallest absolute Gasteiger partial charge is 0.173 e. The van der Waals surface area contributed by atoms with Crippen molar-refractivity contribution < 1.29 is 9.47 Å². The Balaban J connectivity index is 1.60. The molecule has 0 spiro atoms. The van der Waals surface area contributed by atoms with E-state index >= 15 is 0 Å². The van der Waals surface area contributed by atoms with Crippen molar-refractivity contribution in [2.75, 3.05) is 51.9 Å². The lowest BCUT2D eigenvalue weighted by Crippen LogP contribution is -2.48. The van der Waals surface area contributed by atoms with Crippen molar-refractivity contribution in [1.29, 1.82) is 0 Å². The third kappa shape index (κ3) is 4.66. The van der Waals surface area contributed by atoms with Crippen LogP contribution in [0.4, 0.5) is 5.69 Å². The van der Waals surface area contributed by atoms with Gasteiger partial charge >= 0.3 is 0 Å². The highest BCUT2D eigenvalue weighted by molar-refractivity contribution is 6.31. The fourth-order valence-corrected chi connectivity index (χ4v) is 4.29. The third-order valence-electron chi connectivity index (χ3n) is 5.62. The quantitative estimate of drug-likeness (QED) is 0.531. The highest BCUT2D eigenvalue weighted by Crippen LogP contribution is 2.34. The molecule has 2 aromatic carbocycles. The topological polar surface area (TPSA) is 68.5 Å². The van der Waals surface area contributed by atoms with Crippen LogP contribution in [0.3, 0.4) is 0 Å². The van der Waals surface area contributed by atoms with Crippen molar-refractivity contribution in [2.24, 2.45) is 0 Å². The van der Waals surface area contributed by atoms with Crippen molar-refractivity contribution in [3.8, 4) is 5.75 Å². The molecule has 0 aliphatic carbocycles. The van der Waals surface area contributed by atoms with Crippen LogP contribution in [-0.2, 0) is 11.3 Å². The van der Waals surface area contributed by atoms with Gasteiger partial charge in [0.15, 0.2) is 5.82 Å². The summed E-state index contributed by atoms with van der Waals surface area (Å²) in [6.45, 7) is 4.52. The van der Waals surface area contributed by atoms with E-state index in [-0.39, 0.29) is 6.04 Å². The zero-order valence-corrected chi connectivity index (χ0v) is 18.6. The maximum atomic E-state index is 6.62. The Bertz CT molecular complexity index is 989. The molecule has 0 radical (unpaired) electrons. The van der Waals surface area contributed by atoms with Crippen molar-refractivity contribution in [3.63, 3.8) is 0 Å². The van der Waals surface area contributed by atoms with Gasteiger partial charge in [0.25, 0.3) is 0 Å². The number of benzene rings is 2. The van der Waals surface area contributed by atoms with Crippen molar-refractivity contribution in [3.05, 3.63) is 64.9 Å². The van der Waals surface area contributed by atoms with E-state index in [1.165, 1.54) is 0 Å². The predicted molar refractivity (Wildman–Crippen MR) is 120 cm³/mol. The number of ether oxygens (including phenoxy) is 2. The second-order valence-electron chi connectivity index (χ2n) is 7.37. The van der Waals surface area contributed by atoms with Gasteiger partial charge in [-0.3, -0.25) is 4.90 Å². The number of hydrogen-bond acceptors (Lipinski definition) is 7. The fraction of sp³-hybridized carbons (Fsp3) is 0.409. The zero-order chi connectivity index (χ0) is 21.6. The minimum Gasteiger partial charge on any atom is -0.495 e. The van der Waals surface area contributed by atoms with E-state index in [0.717, 1.165) is 49.0 Å². The summed E-state index contributed by atoms with van der Waals surface area (Å²) in [5.41, 5.74) is 2.12. The van der Waals surface area contributed by atoms with Crippen LogP contribution in [0.5, 0.6) is 5.75 Å². The van der Waals surface area contributed by atoms with Crippen molar-refractivity contribution >= 4 is 17.3 Å². The first-order chi connectivity index (χ1) is 15.2. The summed E-state index contributed by atoms with van der Waals surface area (Å²) in [5, 5.41) is 13.2. The van der Waals surface area contributed by atoms with Gasteiger partial charge in [0.1, 0.15) is 5.75 Å². The first-order valence-corrected chi connectivity index (χ1v) is 10.7. The van der Waals surface area contributed by atoms with E-state index in [0.29, 0.717) is 18.2 Å². The lowest BCUT2D eigenvalue weighted by atomic mass is 10.0. The molecule has 0 bridgehead atoms. The van der Waals surface area contributed by atoms with E-state index in [4.69, 9.17) is 21.1 Å². The van der Waals surface area contributed by atoms with E-state index in [1.807, 2.05) is 41.1 Å². The molecule has 0 unspecified atom stereocenters. The average Bonchev–Trinajstić information content (AvgIpc) is 3.27. The van der Waals surface area contributed by atoms with Gasteiger partial charge in [-0.15, -0.1) is 5.10 Å². The highest BCUT2D eigenvalue weighted by Gasteiger charge is 2.32. The first kappa shape index (κ1) is 21.5. The van der Waals surface area contributed by atoms with Crippen LogP contribution < -0.4 is 9.64 Å². The van der Waals surface area contributed by atoms with Gasteiger partial charge in [-0.25, -0.2) is 4.68 Å². The monoisotopic (exact) mass is 442 g/mol. The van der Waals surface area contributed by atoms with E-state index in [9.17, 15) is 0 Å². The Labute approximate surface area is 187 Å². The zero-order valence-electron chi connectivity index (χ0n) is 17.8. The minimum absolute atomic E-state index is 0.139. The Kier molecular flexibility index (Phi) is 7.01. The van der Waals surface area contributed by atoms with Crippen LogP contribution >= 0.6 is 11.6 Å². The molecule has 2 heterocycles. The molecule has 1 atom stereocenters. The summed E-state index contributed by atoms with van der Waals surface area (Å²) in [5.74, 6) is 1.66. The molecule has 164 valence electrons. The van der Waals surface area contributed by atoms with Crippen LogP contribution in [0.1, 0.15) is 17.4 Å². The van der Waals surface area contributed by atoms with E-state index in [1.54, 1.807) is 14.2 Å². The number of tetrazole rings is 1. The van der Waals surface area contributed by atoms with Crippen molar-refractivity contribution in [1.82, 2.24) is 25.1 Å². The number of methoxy groups -OCH3 is 2. The number of rotatable bonds is 8. The van der Waals surface area contributed by atoms with Gasteiger partial charge in [-0.1, -0.05) is 41.9 Å². The molecule has 1 saturated heterocycles. The first-order valence-electron chi connectivity index (χ1n) is 10.3. The van der Waals surface area contributed by atoms with Crippen LogP contribution in [0.2, 0.25) is 5.02 Å². The number of hydrogen-bond donors (Lipinski definition) is 0. The Morgan fingerprint density at radius 2 is 1.74 bits per heavy atom. The number of anilines is 1. The minimum atomic E-state index is -0.139. The van der Waals surface area contributed by atoms with Gasteiger partial charge in [0, 0.05) is 38.3 Å². The molecule has 4 rings (SSSR count). The number of para-hydroxylation sites is 2. The summed E-state index contributed by atoms with van der Waals surface area (Å²) >= 11 is 6.62. The third-order valence-corrected chi connectivity index (χ3v) is 5.96. The predicted octanol–water partition coefficient (Wildman–Crippen LogP) is 2.89. The maximum absolute atomic E-state index is 6.62. The Hall–Kier alpha value is -2.68. The second kappa shape index (κ2) is 10.1. The summed E-state index contributed by atoms with van der Waals surface area (Å²) in [7, 11) is 3.38. The highest BCUT2D eigenvalue weighted by atomic mass is 35.5. The summed E-state index contributed by atoms with van der Waals surface area (Å²) in [6.07, 6.45) is 0. The van der Waals surface area contributed by atoms with Crippen LogP contribution in [0.25, 0.3) is 0 Å². The molecule has 1 aliphatic rings. The molecule has 31 heavy (non-hydrogen) atoms. The maximum Gasteiger partial charge on any atom is 0.173 e. The normalized spacial score (nSPS) is 15.8. The standard InChI is InChI=1S/C22H27ClN6O2/c1-30-16-15-29-22(24-25-26-29)21(17-7-3-4-8-18(17)23)28-13-11-27(12-14-28)19-9-5-6-10-20(19)31-2/h3-10,21H,11-16H2,1-2H3/t21-/m0/s1. The van der Waals surface area contributed by atoms with Crippen LogP contribution in [0, 0.1) is 0 Å². The molecule has 9 heteroatoms. The second-order valence-corrected chi connectivity index (χ2v) is 7.78. The van der Waals surface area contributed by atoms with Gasteiger partial charge in [-0.05, 0) is 34.2 Å². The molecule has 3 aromatic rings. The lowest BCUT2D eigenvalue weighted by Gasteiger charge is -2.40. The van der Waals surface area contributed by atoms with Crippen molar-refractivity contribution in [2.45, 2.75) is 12.6 Å². The summed E-state index contributed by atoms with van der Waals surface area (Å²) in [4.78, 5) is 4.75. The molecule has 0 N–H and O–H groups in total. The molecule has 1 aliphatic heterocycles. The van der Waals surface area contributed by atoms with E-state index in [2.05, 4.69) is 37.5 Å². The molecule has 0 amide bonds. The fourth-order valence-electron chi connectivity index (χ4n) is 4.05. The Morgan fingerprint density at radius 3 is 2.48 bits per heavy atom. The molecule has 1 aromatic heterocycles. The summed E-state index contributed by atoms with van der Waals surface area (Å²) in [6, 6.07) is 15.9. The summed E-state index contributed by atoms with van der Waals surface area (Å²) < 4.78 is 12.6. The number of nitrogens with zero attached hydrogens (tertiary/aromatic N) is 6. The van der Waals surface area contributed by atoms with Gasteiger partial charge in [-0.2, -0.15) is 0 Å². The molecular weight excluding hydrogens is 416 g/mol. The van der Waals surface area contributed by atoms with Gasteiger partial charge < -0.3 is 14.4 Å². The lowest BCUT2D eigenvalue weighted by molar-refractivity contribution is 0.171. The molecule has 1 fully saturated rings. The number of aromatic nitrogens is 4. The van der Waals surface area contributed by atoms with Crippen LogP contribution in [-0.4, -0.2) is 72.1 Å². The largest absolute Gasteiger partial charge is 0.495 e. The van der Waals surface area contributed by atoms with E-state index < -0.39 is 0 Å². The average molecular weight is 443 g/mol. The SMILES string of the molecule is COCCn1nnnc1[C@H](c1ccccc1Cl)N1CCN(c2ccccc2OC)CC1. The molecule has 0 saturated carbocycles. The Morgan fingerprint density at radius 1 is 1.00 bits per heavy atom.